The summed E-state index contributed by atoms with van der Waals surface area (Å²) < 4.78 is 0. The number of azo groups is 1. The third-order valence-electron chi connectivity index (χ3n) is 4.18. The van der Waals surface area contributed by atoms with Crippen LogP contribution in [-0.2, 0) is 12.8 Å². The fourth-order valence-corrected chi connectivity index (χ4v) is 2.83. The number of nitrogens with zero attached hydrogens (tertiary/aromatic N) is 3. The fraction of sp³-hybridized carbons (Fsp3) is 0.143. The first-order chi connectivity index (χ1) is 13.0. The minimum absolute atomic E-state index is 0.0545. The molecule has 3 aromatic rings. The van der Waals surface area contributed by atoms with Crippen LogP contribution in [0.15, 0.2) is 77.0 Å². The number of nitro benzene ring substituents is 1. The van der Waals surface area contributed by atoms with E-state index in [2.05, 4.69) is 10.2 Å². The van der Waals surface area contributed by atoms with Gasteiger partial charge in [-0.2, -0.15) is 0 Å². The van der Waals surface area contributed by atoms with Gasteiger partial charge in [0.15, 0.2) is 5.69 Å². The summed E-state index contributed by atoms with van der Waals surface area (Å²) in [6.45, 7) is 1.91. The summed E-state index contributed by atoms with van der Waals surface area (Å²) in [6, 6.07) is 19.8. The van der Waals surface area contributed by atoms with Crippen molar-refractivity contribution in [2.24, 2.45) is 10.2 Å². The lowest BCUT2D eigenvalue weighted by molar-refractivity contribution is -0.384. The van der Waals surface area contributed by atoms with E-state index in [1.807, 2.05) is 43.3 Å². The molecule has 0 saturated carbocycles. The third-order valence-corrected chi connectivity index (χ3v) is 4.18. The number of phenolic OH excluding ortho intramolecular Hbond substituents is 1. The molecule has 0 aromatic heterocycles. The highest BCUT2D eigenvalue weighted by Gasteiger charge is 2.13. The third kappa shape index (κ3) is 4.55. The molecule has 6 nitrogen and oxygen atoms in total. The molecule has 27 heavy (non-hydrogen) atoms. The van der Waals surface area contributed by atoms with Gasteiger partial charge in [-0.25, -0.2) is 0 Å². The molecular weight excluding hydrogens is 342 g/mol. The summed E-state index contributed by atoms with van der Waals surface area (Å²) in [5.41, 5.74) is 3.22. The van der Waals surface area contributed by atoms with Crippen molar-refractivity contribution in [2.75, 3.05) is 0 Å². The molecule has 0 spiro atoms. The van der Waals surface area contributed by atoms with Crippen molar-refractivity contribution < 1.29 is 10.0 Å². The number of aryl methyl sites for hydroxylation is 3. The lowest BCUT2D eigenvalue weighted by Crippen LogP contribution is -1.93. The lowest BCUT2D eigenvalue weighted by Gasteiger charge is -2.09. The van der Waals surface area contributed by atoms with Crippen molar-refractivity contribution in [1.29, 1.82) is 0 Å². The molecule has 0 bridgehead atoms. The maximum atomic E-state index is 11.1. The van der Waals surface area contributed by atoms with E-state index in [9.17, 15) is 15.2 Å². The highest BCUT2D eigenvalue weighted by atomic mass is 16.6. The zero-order valence-electron chi connectivity index (χ0n) is 14.9. The van der Waals surface area contributed by atoms with Crippen LogP contribution >= 0.6 is 0 Å². The molecule has 0 aliphatic heterocycles. The minimum Gasteiger partial charge on any atom is -0.505 e. The molecule has 1 N–H and O–H groups in total. The molecule has 0 atom stereocenters. The number of nitro groups is 1. The highest BCUT2D eigenvalue weighted by molar-refractivity contribution is 5.59. The Morgan fingerprint density at radius 1 is 0.926 bits per heavy atom. The van der Waals surface area contributed by atoms with Crippen LogP contribution in [0.1, 0.15) is 16.7 Å². The van der Waals surface area contributed by atoms with E-state index in [4.69, 9.17) is 0 Å². The van der Waals surface area contributed by atoms with Crippen molar-refractivity contribution in [1.82, 2.24) is 0 Å². The largest absolute Gasteiger partial charge is 0.505 e. The van der Waals surface area contributed by atoms with Crippen LogP contribution in [0.4, 0.5) is 17.1 Å². The summed E-state index contributed by atoms with van der Waals surface area (Å²) in [5, 5.41) is 29.7. The number of benzene rings is 3. The van der Waals surface area contributed by atoms with E-state index in [1.54, 1.807) is 18.2 Å². The Bertz CT molecular complexity index is 985. The van der Waals surface area contributed by atoms with Crippen molar-refractivity contribution in [2.45, 2.75) is 19.8 Å². The van der Waals surface area contributed by atoms with Gasteiger partial charge in [0, 0.05) is 6.07 Å². The van der Waals surface area contributed by atoms with Crippen LogP contribution < -0.4 is 0 Å². The van der Waals surface area contributed by atoms with Crippen LogP contribution in [0.3, 0.4) is 0 Å². The Morgan fingerprint density at radius 2 is 1.59 bits per heavy atom. The molecular formula is C21H19N3O3. The average molecular weight is 361 g/mol. The van der Waals surface area contributed by atoms with Gasteiger partial charge in [-0.3, -0.25) is 10.1 Å². The van der Waals surface area contributed by atoms with E-state index in [0.29, 0.717) is 12.1 Å². The first kappa shape index (κ1) is 18.3. The molecule has 0 unspecified atom stereocenters. The Kier molecular flexibility index (Phi) is 5.56. The lowest BCUT2D eigenvalue weighted by atomic mass is 10.0. The molecule has 0 aliphatic rings. The SMILES string of the molecule is Cc1cc(CCc2ccccc2)c(O)c(N=Nc2ccccc2[N+](=O)[O-])c1. The Balaban J connectivity index is 1.86. The van der Waals surface area contributed by atoms with Gasteiger partial charge in [-0.1, -0.05) is 48.5 Å². The van der Waals surface area contributed by atoms with Gasteiger partial charge in [0.25, 0.3) is 5.69 Å². The van der Waals surface area contributed by atoms with E-state index in [1.165, 1.54) is 17.7 Å². The molecule has 3 aromatic carbocycles. The molecule has 0 fully saturated rings. The van der Waals surface area contributed by atoms with Gasteiger partial charge in [-0.05, 0) is 48.6 Å². The number of hydrogen-bond acceptors (Lipinski definition) is 5. The number of rotatable bonds is 6. The van der Waals surface area contributed by atoms with E-state index >= 15 is 0 Å². The van der Waals surface area contributed by atoms with Gasteiger partial charge in [0.1, 0.15) is 11.4 Å². The Morgan fingerprint density at radius 3 is 2.33 bits per heavy atom. The monoisotopic (exact) mass is 361 g/mol. The summed E-state index contributed by atoms with van der Waals surface area (Å²) in [5.74, 6) is 0.0545. The van der Waals surface area contributed by atoms with Crippen LogP contribution in [0.5, 0.6) is 5.75 Å². The zero-order chi connectivity index (χ0) is 19.2. The molecule has 0 amide bonds. The van der Waals surface area contributed by atoms with Gasteiger partial charge in [0.2, 0.25) is 0 Å². The smallest absolute Gasteiger partial charge is 0.296 e. The number of hydrogen-bond donors (Lipinski definition) is 1. The maximum Gasteiger partial charge on any atom is 0.296 e. The fourth-order valence-electron chi connectivity index (χ4n) is 2.83. The second-order valence-corrected chi connectivity index (χ2v) is 6.22. The second-order valence-electron chi connectivity index (χ2n) is 6.22. The number of aromatic hydroxyl groups is 1. The number of para-hydroxylation sites is 1. The molecule has 0 radical (unpaired) electrons. The van der Waals surface area contributed by atoms with Gasteiger partial charge < -0.3 is 5.11 Å². The molecule has 136 valence electrons. The normalized spacial score (nSPS) is 11.0. The first-order valence-electron chi connectivity index (χ1n) is 8.56. The van der Waals surface area contributed by atoms with E-state index in [0.717, 1.165) is 17.5 Å². The molecule has 0 aliphatic carbocycles. The van der Waals surface area contributed by atoms with Crippen molar-refractivity contribution in [3.8, 4) is 5.75 Å². The van der Waals surface area contributed by atoms with Crippen molar-refractivity contribution >= 4 is 17.1 Å². The minimum atomic E-state index is -0.504. The predicted octanol–water partition coefficient (Wildman–Crippen LogP) is 5.81. The maximum absolute atomic E-state index is 11.1. The highest BCUT2D eigenvalue weighted by Crippen LogP contribution is 2.35. The Labute approximate surface area is 157 Å². The standard InChI is InChI=1S/C21H19N3O3/c1-15-13-17(12-11-16-7-3-2-4-8-16)21(25)19(14-15)23-22-18-9-5-6-10-20(18)24(26)27/h2-10,13-14,25H,11-12H2,1H3. The molecule has 0 heterocycles. The van der Waals surface area contributed by atoms with Crippen LogP contribution in [0.2, 0.25) is 0 Å². The zero-order valence-corrected chi connectivity index (χ0v) is 14.9. The summed E-state index contributed by atoms with van der Waals surface area (Å²) >= 11 is 0. The van der Waals surface area contributed by atoms with Gasteiger partial charge in [-0.15, -0.1) is 10.2 Å². The Hall–Kier alpha value is -3.54. The first-order valence-corrected chi connectivity index (χ1v) is 8.56. The second kappa shape index (κ2) is 8.23. The summed E-state index contributed by atoms with van der Waals surface area (Å²) in [7, 11) is 0. The molecule has 0 saturated heterocycles. The van der Waals surface area contributed by atoms with Crippen LogP contribution in [-0.4, -0.2) is 10.0 Å². The molecule has 3 rings (SSSR count). The van der Waals surface area contributed by atoms with Crippen LogP contribution in [0.25, 0.3) is 0 Å². The van der Waals surface area contributed by atoms with Crippen LogP contribution in [0, 0.1) is 17.0 Å². The molecule has 6 heteroatoms. The van der Waals surface area contributed by atoms with Gasteiger partial charge in [0.05, 0.1) is 4.92 Å². The number of phenols is 1. The topological polar surface area (TPSA) is 88.1 Å². The van der Waals surface area contributed by atoms with Crippen molar-refractivity contribution in [3.05, 3.63) is 93.5 Å². The average Bonchev–Trinajstić information content (AvgIpc) is 2.68. The van der Waals surface area contributed by atoms with E-state index in [-0.39, 0.29) is 17.1 Å². The quantitative estimate of drug-likeness (QED) is 0.341. The predicted molar refractivity (Wildman–Crippen MR) is 104 cm³/mol. The summed E-state index contributed by atoms with van der Waals surface area (Å²) in [6.07, 6.45) is 1.45. The van der Waals surface area contributed by atoms with Gasteiger partial charge >= 0.3 is 0 Å². The van der Waals surface area contributed by atoms with E-state index < -0.39 is 4.92 Å². The van der Waals surface area contributed by atoms with Crippen molar-refractivity contribution in [3.63, 3.8) is 0 Å². The summed E-state index contributed by atoms with van der Waals surface area (Å²) in [4.78, 5) is 10.6.